The molecule has 0 saturated heterocycles. The van der Waals surface area contributed by atoms with Crippen LogP contribution in [0, 0.1) is 10.1 Å². The number of carbonyl (C=O) groups is 2. The summed E-state index contributed by atoms with van der Waals surface area (Å²) >= 11 is 0. The van der Waals surface area contributed by atoms with E-state index in [1.807, 2.05) is 0 Å². The zero-order chi connectivity index (χ0) is 23.4. The van der Waals surface area contributed by atoms with Gasteiger partial charge in [0.2, 0.25) is 5.78 Å². The van der Waals surface area contributed by atoms with Crippen molar-refractivity contribution < 1.29 is 33.8 Å². The third kappa shape index (κ3) is 4.19. The molecule has 0 spiro atoms. The predicted octanol–water partition coefficient (Wildman–Crippen LogP) is 2.19. The molecule has 0 saturated carbocycles. The Bertz CT molecular complexity index is 1190. The number of aromatic nitrogens is 3. The Labute approximate surface area is 181 Å². The van der Waals surface area contributed by atoms with Crippen LogP contribution in [0.1, 0.15) is 32.1 Å². The van der Waals surface area contributed by atoms with Crippen molar-refractivity contribution in [3.8, 4) is 17.2 Å². The molecule has 0 bridgehead atoms. The van der Waals surface area contributed by atoms with Crippen LogP contribution in [-0.2, 0) is 6.54 Å². The number of hydrogen-bond donors (Lipinski definition) is 1. The minimum atomic E-state index is -1.46. The van der Waals surface area contributed by atoms with Crippen LogP contribution in [0.25, 0.3) is 0 Å². The van der Waals surface area contributed by atoms with Crippen molar-refractivity contribution in [2.45, 2.75) is 6.54 Å². The number of ether oxygens (including phenoxy) is 3. The summed E-state index contributed by atoms with van der Waals surface area (Å²) in [6, 6.07) is 8.90. The maximum Gasteiger partial charge on any atom is 0.356 e. The molecule has 0 aliphatic rings. The maximum atomic E-state index is 13.1. The van der Waals surface area contributed by atoms with Gasteiger partial charge >= 0.3 is 5.97 Å². The molecule has 0 fully saturated rings. The first-order chi connectivity index (χ1) is 15.3. The van der Waals surface area contributed by atoms with Crippen molar-refractivity contribution in [1.82, 2.24) is 15.0 Å². The lowest BCUT2D eigenvalue weighted by Gasteiger charge is -2.10. The summed E-state index contributed by atoms with van der Waals surface area (Å²) in [5.41, 5.74) is -1.37. The van der Waals surface area contributed by atoms with E-state index in [1.165, 1.54) is 21.3 Å². The van der Waals surface area contributed by atoms with Crippen molar-refractivity contribution in [3.63, 3.8) is 0 Å². The number of methoxy groups -OCH3 is 3. The fourth-order valence-electron chi connectivity index (χ4n) is 3.02. The Morgan fingerprint density at radius 3 is 2.22 bits per heavy atom. The van der Waals surface area contributed by atoms with Crippen LogP contribution in [0.3, 0.4) is 0 Å². The number of rotatable bonds is 9. The highest BCUT2D eigenvalue weighted by molar-refractivity contribution is 6.14. The summed E-state index contributed by atoms with van der Waals surface area (Å²) in [5, 5.41) is 28.7. The number of benzene rings is 2. The molecular weight excluding hydrogens is 424 g/mol. The highest BCUT2D eigenvalue weighted by Gasteiger charge is 2.32. The quantitative estimate of drug-likeness (QED) is 0.296. The number of nitrogens with zero attached hydrogens (tertiary/aromatic N) is 4. The summed E-state index contributed by atoms with van der Waals surface area (Å²) in [4.78, 5) is 35.8. The Kier molecular flexibility index (Phi) is 6.33. The molecule has 0 aliphatic carbocycles. The Hall–Kier alpha value is -4.48. The molecule has 0 amide bonds. The zero-order valence-corrected chi connectivity index (χ0v) is 17.3. The summed E-state index contributed by atoms with van der Waals surface area (Å²) < 4.78 is 16.3. The normalized spacial score (nSPS) is 10.5. The van der Waals surface area contributed by atoms with Crippen molar-refractivity contribution in [1.29, 1.82) is 0 Å². The fraction of sp³-hybridized carbons (Fsp3) is 0.200. The molecule has 3 aromatic rings. The molecule has 0 radical (unpaired) electrons. The van der Waals surface area contributed by atoms with Gasteiger partial charge in [-0.05, 0) is 17.7 Å². The van der Waals surface area contributed by atoms with E-state index in [0.29, 0.717) is 11.3 Å². The third-order valence-corrected chi connectivity index (χ3v) is 4.59. The van der Waals surface area contributed by atoms with Gasteiger partial charge in [0.05, 0.1) is 38.9 Å². The molecule has 3 rings (SSSR count). The van der Waals surface area contributed by atoms with E-state index >= 15 is 0 Å². The first kappa shape index (κ1) is 22.2. The average molecular weight is 442 g/mol. The second kappa shape index (κ2) is 9.12. The van der Waals surface area contributed by atoms with Gasteiger partial charge in [-0.2, -0.15) is 0 Å². The number of nitro groups is 1. The van der Waals surface area contributed by atoms with Crippen LogP contribution in [0.5, 0.6) is 17.2 Å². The van der Waals surface area contributed by atoms with E-state index < -0.39 is 39.3 Å². The van der Waals surface area contributed by atoms with Gasteiger partial charge in [0, 0.05) is 6.07 Å². The Morgan fingerprint density at radius 2 is 1.69 bits per heavy atom. The molecule has 1 N–H and O–H groups in total. The highest BCUT2D eigenvalue weighted by atomic mass is 16.6. The van der Waals surface area contributed by atoms with Gasteiger partial charge in [-0.1, -0.05) is 17.3 Å². The molecule has 1 heterocycles. The number of aromatic carboxylic acids is 1. The molecule has 1 aromatic heterocycles. The van der Waals surface area contributed by atoms with Gasteiger partial charge in [-0.3, -0.25) is 14.9 Å². The van der Waals surface area contributed by atoms with Gasteiger partial charge in [-0.15, -0.1) is 5.10 Å². The minimum Gasteiger partial charge on any atom is -0.497 e. The third-order valence-electron chi connectivity index (χ3n) is 4.59. The van der Waals surface area contributed by atoms with Crippen molar-refractivity contribution >= 4 is 17.4 Å². The second-order valence-corrected chi connectivity index (χ2v) is 6.41. The van der Waals surface area contributed by atoms with E-state index in [1.54, 1.807) is 24.3 Å². The summed E-state index contributed by atoms with van der Waals surface area (Å²) in [6.07, 6.45) is 0. The highest BCUT2D eigenvalue weighted by Crippen LogP contribution is 2.35. The number of hydrogen-bond acceptors (Lipinski definition) is 9. The lowest BCUT2D eigenvalue weighted by Crippen LogP contribution is -2.16. The number of carboxylic acid groups (broad SMARTS) is 1. The SMILES string of the molecule is COc1ccc(Cn2nnc(C(=O)c3cc(OC)c(OC)cc3[N+](=O)[O-])c2C(=O)O)cc1. The van der Waals surface area contributed by atoms with Crippen LogP contribution in [-0.4, -0.2) is 58.1 Å². The van der Waals surface area contributed by atoms with E-state index in [9.17, 15) is 24.8 Å². The number of carboxylic acids is 1. The minimum absolute atomic E-state index is 0.0000650. The number of nitro benzene ring substituents is 1. The molecule has 166 valence electrons. The monoisotopic (exact) mass is 442 g/mol. The fourth-order valence-corrected chi connectivity index (χ4v) is 3.02. The smallest absolute Gasteiger partial charge is 0.356 e. The van der Waals surface area contributed by atoms with Gasteiger partial charge in [-0.25, -0.2) is 9.48 Å². The lowest BCUT2D eigenvalue weighted by molar-refractivity contribution is -0.385. The largest absolute Gasteiger partial charge is 0.497 e. The zero-order valence-electron chi connectivity index (χ0n) is 17.3. The topological polar surface area (TPSA) is 156 Å². The molecule has 32 heavy (non-hydrogen) atoms. The summed E-state index contributed by atoms with van der Waals surface area (Å²) in [6.45, 7) is -0.0000650. The summed E-state index contributed by atoms with van der Waals surface area (Å²) in [7, 11) is 4.10. The molecule has 12 nitrogen and oxygen atoms in total. The Balaban J connectivity index is 2.07. The van der Waals surface area contributed by atoms with Crippen LogP contribution in [0.4, 0.5) is 5.69 Å². The molecular formula is C20H18N4O8. The van der Waals surface area contributed by atoms with Crippen molar-refractivity contribution in [2.24, 2.45) is 0 Å². The van der Waals surface area contributed by atoms with Crippen molar-refractivity contribution in [3.05, 3.63) is 69.0 Å². The molecule has 0 atom stereocenters. The predicted molar refractivity (Wildman–Crippen MR) is 109 cm³/mol. The standard InChI is InChI=1S/C20H18N4O8/c1-30-12-6-4-11(5-7-12)10-23-18(20(26)27)17(21-22-23)19(25)13-8-15(31-2)16(32-3)9-14(13)24(28)29/h4-9H,10H2,1-3H3,(H,26,27). The maximum absolute atomic E-state index is 13.1. The van der Waals surface area contributed by atoms with E-state index in [-0.39, 0.29) is 18.0 Å². The molecule has 0 unspecified atom stereocenters. The van der Waals surface area contributed by atoms with E-state index in [2.05, 4.69) is 10.3 Å². The van der Waals surface area contributed by atoms with Gasteiger partial charge in [0.25, 0.3) is 5.69 Å². The first-order valence-electron chi connectivity index (χ1n) is 9.05. The van der Waals surface area contributed by atoms with Crippen LogP contribution < -0.4 is 14.2 Å². The molecule has 2 aromatic carbocycles. The van der Waals surface area contributed by atoms with Crippen LogP contribution in [0.2, 0.25) is 0 Å². The second-order valence-electron chi connectivity index (χ2n) is 6.41. The van der Waals surface area contributed by atoms with Gasteiger partial charge in [0.1, 0.15) is 11.3 Å². The average Bonchev–Trinajstić information content (AvgIpc) is 3.21. The number of ketones is 1. The lowest BCUT2D eigenvalue weighted by atomic mass is 10.0. The van der Waals surface area contributed by atoms with Gasteiger partial charge in [0.15, 0.2) is 22.9 Å². The van der Waals surface area contributed by atoms with E-state index in [0.717, 1.165) is 16.8 Å². The van der Waals surface area contributed by atoms with Crippen molar-refractivity contribution in [2.75, 3.05) is 21.3 Å². The molecule has 12 heteroatoms. The Morgan fingerprint density at radius 1 is 1.06 bits per heavy atom. The van der Waals surface area contributed by atoms with Crippen LogP contribution in [0.15, 0.2) is 36.4 Å². The summed E-state index contributed by atoms with van der Waals surface area (Å²) in [5.74, 6) is -1.74. The van der Waals surface area contributed by atoms with Crippen LogP contribution >= 0.6 is 0 Å². The number of carbonyl (C=O) groups excluding carboxylic acids is 1. The van der Waals surface area contributed by atoms with E-state index in [4.69, 9.17) is 14.2 Å². The van der Waals surface area contributed by atoms with Gasteiger partial charge < -0.3 is 19.3 Å². The molecule has 0 aliphatic heterocycles. The first-order valence-corrected chi connectivity index (χ1v) is 9.05.